The Labute approximate surface area is 134 Å². The number of rotatable bonds is 5. The fraction of sp³-hybridized carbons (Fsp3) is 0.941. The highest BCUT2D eigenvalue weighted by molar-refractivity contribution is 6.79. The lowest BCUT2D eigenvalue weighted by Crippen LogP contribution is -2.51. The maximum Gasteiger partial charge on any atom is 0.312 e. The summed E-state index contributed by atoms with van der Waals surface area (Å²) in [4.78, 5) is 12.7. The molecule has 0 amide bonds. The first-order chi connectivity index (χ1) is 9.31. The van der Waals surface area contributed by atoms with Gasteiger partial charge in [0.05, 0.1) is 13.5 Å². The van der Waals surface area contributed by atoms with E-state index in [1.54, 1.807) is 0 Å². The van der Waals surface area contributed by atoms with Gasteiger partial charge in [0.2, 0.25) is 0 Å². The van der Waals surface area contributed by atoms with Gasteiger partial charge in [0, 0.05) is 8.07 Å². The number of carbonyl (C=O) groups is 1. The molecule has 0 saturated carbocycles. The van der Waals surface area contributed by atoms with Crippen molar-refractivity contribution < 1.29 is 9.53 Å². The summed E-state index contributed by atoms with van der Waals surface area (Å²) in [5.74, 6) is 0.0231. The topological polar surface area (TPSA) is 26.3 Å². The second-order valence-corrected chi connectivity index (χ2v) is 20.4. The lowest BCUT2D eigenvalue weighted by molar-refractivity contribution is -0.168. The summed E-state index contributed by atoms with van der Waals surface area (Å²) < 4.78 is 6.28. The molecule has 124 valence electrons. The van der Waals surface area contributed by atoms with Gasteiger partial charge in [-0.25, -0.2) is 0 Å². The second-order valence-electron chi connectivity index (χ2n) is 9.74. The minimum atomic E-state index is -1.27. The van der Waals surface area contributed by atoms with Gasteiger partial charge in [0.15, 0.2) is 0 Å². The van der Waals surface area contributed by atoms with Crippen molar-refractivity contribution in [2.75, 3.05) is 0 Å². The molecule has 0 N–H and O–H groups in total. The zero-order valence-electron chi connectivity index (χ0n) is 15.6. The number of carbonyl (C=O) groups excluding carboxylic acids is 1. The summed E-state index contributed by atoms with van der Waals surface area (Å²) >= 11 is 0. The van der Waals surface area contributed by atoms with Crippen LogP contribution in [0, 0.1) is 5.41 Å². The summed E-state index contributed by atoms with van der Waals surface area (Å²) in [7, 11) is -2.49. The second kappa shape index (κ2) is 6.19. The van der Waals surface area contributed by atoms with Gasteiger partial charge in [-0.05, 0) is 38.8 Å². The van der Waals surface area contributed by atoms with E-state index >= 15 is 0 Å². The number of hydrogen-bond acceptors (Lipinski definition) is 2. The van der Waals surface area contributed by atoms with Crippen LogP contribution in [0.3, 0.4) is 0 Å². The molecule has 0 aromatic rings. The summed E-state index contributed by atoms with van der Waals surface area (Å²) in [5.41, 5.74) is -0.502. The highest BCUT2D eigenvalue weighted by Crippen LogP contribution is 2.44. The fourth-order valence-corrected chi connectivity index (χ4v) is 9.64. The SMILES string of the molecule is CCC(C)(C)C(=O)OC1(C[Si](C)(C)C)CCC[Si](C)(C)C1. The summed E-state index contributed by atoms with van der Waals surface area (Å²) in [6, 6.07) is 3.67. The van der Waals surface area contributed by atoms with E-state index in [1.807, 2.05) is 13.8 Å². The number of ether oxygens (including phenoxy) is 1. The van der Waals surface area contributed by atoms with Crippen molar-refractivity contribution in [3.8, 4) is 0 Å². The zero-order valence-corrected chi connectivity index (χ0v) is 17.6. The lowest BCUT2D eigenvalue weighted by Gasteiger charge is -2.47. The monoisotopic (exact) mass is 328 g/mol. The normalized spacial score (nSPS) is 26.5. The standard InChI is InChI=1S/C17H36O2Si2/c1-9-16(2,3)15(18)19-17(13-20(4,5)6)11-10-12-21(7,8)14-17/h9-14H2,1-8H3. The molecule has 2 nitrogen and oxygen atoms in total. The maximum absolute atomic E-state index is 12.7. The van der Waals surface area contributed by atoms with Crippen molar-refractivity contribution in [2.45, 2.75) is 96.5 Å². The summed E-state index contributed by atoms with van der Waals surface area (Å²) in [6.07, 6.45) is 3.17. The van der Waals surface area contributed by atoms with Gasteiger partial charge in [-0.1, -0.05) is 52.1 Å². The molecule has 1 saturated heterocycles. The van der Waals surface area contributed by atoms with E-state index in [4.69, 9.17) is 4.74 Å². The van der Waals surface area contributed by atoms with E-state index in [-0.39, 0.29) is 17.0 Å². The molecule has 21 heavy (non-hydrogen) atoms. The largest absolute Gasteiger partial charge is 0.459 e. The Morgan fingerprint density at radius 3 is 2.29 bits per heavy atom. The van der Waals surface area contributed by atoms with Crippen LogP contribution in [0.5, 0.6) is 0 Å². The van der Waals surface area contributed by atoms with Gasteiger partial charge < -0.3 is 4.74 Å². The lowest BCUT2D eigenvalue weighted by atomic mass is 9.90. The molecule has 0 bridgehead atoms. The first kappa shape index (κ1) is 19.0. The Morgan fingerprint density at radius 2 is 1.86 bits per heavy atom. The Bertz CT molecular complexity index is 379. The van der Waals surface area contributed by atoms with Crippen LogP contribution in [0.1, 0.15) is 40.0 Å². The van der Waals surface area contributed by atoms with Crippen LogP contribution < -0.4 is 0 Å². The molecule has 1 aliphatic rings. The van der Waals surface area contributed by atoms with Crippen LogP contribution in [0.25, 0.3) is 0 Å². The minimum absolute atomic E-state index is 0.0231. The molecule has 0 radical (unpaired) electrons. The van der Waals surface area contributed by atoms with Crippen LogP contribution >= 0.6 is 0 Å². The van der Waals surface area contributed by atoms with E-state index in [9.17, 15) is 4.79 Å². The molecule has 1 fully saturated rings. The minimum Gasteiger partial charge on any atom is -0.459 e. The van der Waals surface area contributed by atoms with Gasteiger partial charge in [0.25, 0.3) is 0 Å². The third-order valence-corrected chi connectivity index (χ3v) is 9.90. The Balaban J connectivity index is 3.01. The molecular formula is C17H36O2Si2. The Kier molecular flexibility index (Phi) is 5.58. The van der Waals surface area contributed by atoms with Crippen molar-refractivity contribution in [3.05, 3.63) is 0 Å². The quantitative estimate of drug-likeness (QED) is 0.489. The van der Waals surface area contributed by atoms with Crippen LogP contribution in [-0.4, -0.2) is 27.7 Å². The molecule has 1 unspecified atom stereocenters. The molecule has 1 aliphatic heterocycles. The molecular weight excluding hydrogens is 292 g/mol. The average molecular weight is 329 g/mol. The van der Waals surface area contributed by atoms with E-state index in [0.29, 0.717) is 0 Å². The van der Waals surface area contributed by atoms with Gasteiger partial charge in [0.1, 0.15) is 5.60 Å². The molecule has 1 heterocycles. The van der Waals surface area contributed by atoms with Crippen molar-refractivity contribution >= 4 is 22.1 Å². The van der Waals surface area contributed by atoms with Gasteiger partial charge in [-0.3, -0.25) is 4.79 Å². The predicted octanol–water partition coefficient (Wildman–Crippen LogP) is 5.55. The third-order valence-electron chi connectivity index (χ3n) is 4.88. The smallest absolute Gasteiger partial charge is 0.312 e. The molecule has 0 aromatic carbocycles. The van der Waals surface area contributed by atoms with Gasteiger partial charge in [-0.15, -0.1) is 0 Å². The summed E-state index contributed by atoms with van der Waals surface area (Å²) in [5, 5.41) is 0. The first-order valence-corrected chi connectivity index (χ1v) is 15.7. The van der Waals surface area contributed by atoms with E-state index in [1.165, 1.54) is 12.5 Å². The van der Waals surface area contributed by atoms with Gasteiger partial charge >= 0.3 is 5.97 Å². The third kappa shape index (κ3) is 5.55. The van der Waals surface area contributed by atoms with Crippen LogP contribution in [-0.2, 0) is 9.53 Å². The van der Waals surface area contributed by atoms with Crippen molar-refractivity contribution in [1.82, 2.24) is 0 Å². The molecule has 1 rings (SSSR count). The molecule has 0 aliphatic carbocycles. The average Bonchev–Trinajstić information content (AvgIpc) is 2.24. The zero-order chi connectivity index (χ0) is 16.5. The maximum atomic E-state index is 12.7. The van der Waals surface area contributed by atoms with E-state index in [0.717, 1.165) is 24.9 Å². The van der Waals surface area contributed by atoms with Crippen LogP contribution in [0.15, 0.2) is 0 Å². The van der Waals surface area contributed by atoms with Gasteiger partial charge in [-0.2, -0.15) is 0 Å². The van der Waals surface area contributed by atoms with E-state index < -0.39 is 16.1 Å². The Morgan fingerprint density at radius 1 is 1.29 bits per heavy atom. The number of esters is 1. The number of hydrogen-bond donors (Lipinski definition) is 0. The first-order valence-electron chi connectivity index (χ1n) is 8.54. The fourth-order valence-electron chi connectivity index (χ4n) is 3.66. The molecule has 1 atom stereocenters. The van der Waals surface area contributed by atoms with E-state index in [2.05, 4.69) is 39.7 Å². The molecule has 4 heteroatoms. The molecule has 0 spiro atoms. The van der Waals surface area contributed by atoms with Crippen molar-refractivity contribution in [1.29, 1.82) is 0 Å². The predicted molar refractivity (Wildman–Crippen MR) is 97.4 cm³/mol. The summed E-state index contributed by atoms with van der Waals surface area (Å²) in [6.45, 7) is 18.2. The molecule has 0 aromatic heterocycles. The van der Waals surface area contributed by atoms with Crippen LogP contribution in [0.4, 0.5) is 0 Å². The van der Waals surface area contributed by atoms with Crippen LogP contribution in [0.2, 0.25) is 50.9 Å². The highest BCUT2D eigenvalue weighted by atomic mass is 28.3. The Hall–Kier alpha value is -0.0962. The van der Waals surface area contributed by atoms with Crippen molar-refractivity contribution in [2.24, 2.45) is 5.41 Å². The van der Waals surface area contributed by atoms with Crippen molar-refractivity contribution in [3.63, 3.8) is 0 Å². The highest BCUT2D eigenvalue weighted by Gasteiger charge is 2.47.